The molecule has 1 heterocycles. The van der Waals surface area contributed by atoms with E-state index in [-0.39, 0.29) is 29.9 Å². The summed E-state index contributed by atoms with van der Waals surface area (Å²) in [5.41, 5.74) is -0.497. The molecule has 0 aliphatic rings. The van der Waals surface area contributed by atoms with Crippen LogP contribution in [0.2, 0.25) is 0 Å². The summed E-state index contributed by atoms with van der Waals surface area (Å²) in [6.07, 6.45) is 1.85. The minimum Gasteiger partial charge on any atom is -0.359 e. The van der Waals surface area contributed by atoms with Crippen LogP contribution >= 0.6 is 35.3 Å². The van der Waals surface area contributed by atoms with Gasteiger partial charge in [0.05, 0.1) is 12.0 Å². The topological polar surface area (TPSA) is 78.4 Å². The van der Waals surface area contributed by atoms with E-state index in [4.69, 9.17) is 0 Å². The number of rotatable bonds is 6. The lowest BCUT2D eigenvalue weighted by atomic mass is 9.92. The molecule has 0 unspecified atom stereocenters. The van der Waals surface area contributed by atoms with Gasteiger partial charge in [-0.05, 0) is 27.7 Å². The molecule has 1 aromatic rings. The van der Waals surface area contributed by atoms with E-state index in [9.17, 15) is 4.79 Å². The van der Waals surface area contributed by atoms with Crippen molar-refractivity contribution in [1.82, 2.24) is 20.9 Å². The minimum atomic E-state index is -0.497. The molecule has 0 radical (unpaired) electrons. The summed E-state index contributed by atoms with van der Waals surface area (Å²) >= 11 is 1.64. The molecule has 1 rings (SSSR count). The summed E-state index contributed by atoms with van der Waals surface area (Å²) in [5.74, 6) is 0.698. The van der Waals surface area contributed by atoms with E-state index in [2.05, 4.69) is 25.9 Å². The summed E-state index contributed by atoms with van der Waals surface area (Å²) in [6.45, 7) is 9.64. The molecule has 0 bridgehead atoms. The summed E-state index contributed by atoms with van der Waals surface area (Å²) in [4.78, 5) is 21.7. The van der Waals surface area contributed by atoms with Gasteiger partial charge < -0.3 is 16.0 Å². The molecule has 126 valence electrons. The number of carbonyl (C=O) groups excluding carboxylic acids is 1. The van der Waals surface area contributed by atoms with Gasteiger partial charge in [0.25, 0.3) is 0 Å². The lowest BCUT2D eigenvalue weighted by molar-refractivity contribution is -0.128. The fraction of sp³-hybridized carbons (Fsp3) is 0.643. The Morgan fingerprint density at radius 1 is 1.41 bits per heavy atom. The zero-order valence-corrected chi connectivity index (χ0v) is 17.0. The van der Waals surface area contributed by atoms with Crippen molar-refractivity contribution < 1.29 is 4.79 Å². The van der Waals surface area contributed by atoms with Crippen LogP contribution < -0.4 is 16.0 Å². The predicted octanol–water partition coefficient (Wildman–Crippen LogP) is 1.90. The normalized spacial score (nSPS) is 11.6. The van der Waals surface area contributed by atoms with Crippen LogP contribution in [0.3, 0.4) is 0 Å². The predicted molar refractivity (Wildman–Crippen MR) is 103 cm³/mol. The molecule has 3 N–H and O–H groups in total. The number of amides is 1. The zero-order chi connectivity index (χ0) is 15.9. The number of aromatic nitrogens is 1. The van der Waals surface area contributed by atoms with Gasteiger partial charge in [-0.15, -0.1) is 35.3 Å². The van der Waals surface area contributed by atoms with Crippen LogP contribution in [0.4, 0.5) is 0 Å². The smallest absolute Gasteiger partial charge is 0.227 e. The van der Waals surface area contributed by atoms with E-state index < -0.39 is 5.41 Å². The molecule has 1 aromatic heterocycles. The van der Waals surface area contributed by atoms with E-state index in [1.54, 1.807) is 18.4 Å². The SMILES string of the molecule is CCNC(=NCc1ncc(C)s1)NCC(C)(C)C(=O)NC.I. The van der Waals surface area contributed by atoms with Gasteiger partial charge in [0.1, 0.15) is 5.01 Å². The lowest BCUT2D eigenvalue weighted by Gasteiger charge is -2.24. The standard InChI is InChI=1S/C14H25N5OS.HI/c1-6-16-13(18-8-11-17-7-10(2)21-11)19-9-14(3,4)12(20)15-5;/h7H,6,8-9H2,1-5H3,(H,15,20)(H2,16,18,19);1H. The van der Waals surface area contributed by atoms with Gasteiger partial charge in [0, 0.05) is 31.2 Å². The molecule has 22 heavy (non-hydrogen) atoms. The first kappa shape index (κ1) is 21.1. The number of hydrogen-bond acceptors (Lipinski definition) is 4. The largest absolute Gasteiger partial charge is 0.359 e. The fourth-order valence-electron chi connectivity index (χ4n) is 1.69. The highest BCUT2D eigenvalue weighted by atomic mass is 127. The Labute approximate surface area is 153 Å². The Balaban J connectivity index is 0.00000441. The van der Waals surface area contributed by atoms with Crippen molar-refractivity contribution in [2.45, 2.75) is 34.2 Å². The maximum Gasteiger partial charge on any atom is 0.227 e. The first-order valence-corrected chi connectivity index (χ1v) is 7.86. The second kappa shape index (κ2) is 9.98. The highest BCUT2D eigenvalue weighted by Crippen LogP contribution is 2.13. The van der Waals surface area contributed by atoms with Crippen molar-refractivity contribution in [1.29, 1.82) is 0 Å². The summed E-state index contributed by atoms with van der Waals surface area (Å²) in [7, 11) is 1.65. The molecule has 0 aliphatic carbocycles. The molecule has 8 heteroatoms. The number of nitrogens with zero attached hydrogens (tertiary/aromatic N) is 2. The number of aryl methyl sites for hydroxylation is 1. The molecule has 0 aliphatic heterocycles. The van der Waals surface area contributed by atoms with Gasteiger partial charge in [0.15, 0.2) is 5.96 Å². The number of nitrogens with one attached hydrogen (secondary N) is 3. The third kappa shape index (κ3) is 6.91. The number of halogens is 1. The van der Waals surface area contributed by atoms with E-state index in [0.717, 1.165) is 11.6 Å². The highest BCUT2D eigenvalue weighted by Gasteiger charge is 2.26. The number of thiazole rings is 1. The van der Waals surface area contributed by atoms with Crippen LogP contribution in [0.25, 0.3) is 0 Å². The van der Waals surface area contributed by atoms with E-state index >= 15 is 0 Å². The quantitative estimate of drug-likeness (QED) is 0.360. The average molecular weight is 439 g/mol. The van der Waals surface area contributed by atoms with Gasteiger partial charge in [-0.25, -0.2) is 9.98 Å². The van der Waals surface area contributed by atoms with Crippen LogP contribution in [0, 0.1) is 12.3 Å². The molecule has 0 spiro atoms. The lowest BCUT2D eigenvalue weighted by Crippen LogP contribution is -2.47. The van der Waals surface area contributed by atoms with Crippen molar-refractivity contribution in [3.05, 3.63) is 16.1 Å². The van der Waals surface area contributed by atoms with Gasteiger partial charge in [-0.2, -0.15) is 0 Å². The Morgan fingerprint density at radius 2 is 2.09 bits per heavy atom. The van der Waals surface area contributed by atoms with Crippen molar-refractivity contribution in [3.8, 4) is 0 Å². The van der Waals surface area contributed by atoms with Gasteiger partial charge in [-0.3, -0.25) is 4.79 Å². The third-order valence-corrected chi connectivity index (χ3v) is 3.82. The minimum absolute atomic E-state index is 0. The van der Waals surface area contributed by atoms with Crippen LogP contribution in [0.15, 0.2) is 11.2 Å². The average Bonchev–Trinajstić information content (AvgIpc) is 2.86. The number of hydrogen-bond donors (Lipinski definition) is 3. The van der Waals surface area contributed by atoms with Crippen LogP contribution in [-0.2, 0) is 11.3 Å². The Hall–Kier alpha value is -0.900. The molecule has 6 nitrogen and oxygen atoms in total. The second-order valence-electron chi connectivity index (χ2n) is 5.38. The Morgan fingerprint density at radius 3 is 2.59 bits per heavy atom. The van der Waals surface area contributed by atoms with Crippen molar-refractivity contribution in [2.75, 3.05) is 20.1 Å². The first-order chi connectivity index (χ1) is 9.89. The molecular formula is C14H26IN5OS. The van der Waals surface area contributed by atoms with Crippen molar-refractivity contribution >= 4 is 47.2 Å². The summed E-state index contributed by atoms with van der Waals surface area (Å²) < 4.78 is 0. The van der Waals surface area contributed by atoms with Crippen LogP contribution in [0.1, 0.15) is 30.7 Å². The molecule has 0 saturated carbocycles. The highest BCUT2D eigenvalue weighted by molar-refractivity contribution is 14.0. The zero-order valence-electron chi connectivity index (χ0n) is 13.8. The molecule has 0 saturated heterocycles. The molecule has 0 fully saturated rings. The van der Waals surface area contributed by atoms with Crippen LogP contribution in [0.5, 0.6) is 0 Å². The van der Waals surface area contributed by atoms with Crippen LogP contribution in [-0.4, -0.2) is 37.0 Å². The number of carbonyl (C=O) groups is 1. The molecule has 0 aromatic carbocycles. The monoisotopic (exact) mass is 439 g/mol. The maximum absolute atomic E-state index is 11.8. The number of guanidine groups is 1. The number of aliphatic imine (C=N–C) groups is 1. The summed E-state index contributed by atoms with van der Waals surface area (Å²) in [6, 6.07) is 0. The van der Waals surface area contributed by atoms with Gasteiger partial charge in [0.2, 0.25) is 5.91 Å². The van der Waals surface area contributed by atoms with Gasteiger partial charge >= 0.3 is 0 Å². The van der Waals surface area contributed by atoms with E-state index in [1.807, 2.05) is 33.9 Å². The van der Waals surface area contributed by atoms with E-state index in [1.165, 1.54) is 4.88 Å². The Bertz CT molecular complexity index is 501. The maximum atomic E-state index is 11.8. The molecule has 1 amide bonds. The molecule has 0 atom stereocenters. The van der Waals surface area contributed by atoms with E-state index in [0.29, 0.717) is 19.0 Å². The van der Waals surface area contributed by atoms with Gasteiger partial charge in [-0.1, -0.05) is 0 Å². The van der Waals surface area contributed by atoms with Crippen molar-refractivity contribution in [3.63, 3.8) is 0 Å². The Kier molecular flexibility index (Phi) is 9.58. The fourth-order valence-corrected chi connectivity index (χ4v) is 2.40. The van der Waals surface area contributed by atoms with Crippen molar-refractivity contribution in [2.24, 2.45) is 10.4 Å². The summed E-state index contributed by atoms with van der Waals surface area (Å²) in [5, 5.41) is 10.0. The second-order valence-corrected chi connectivity index (χ2v) is 6.70. The molecular weight excluding hydrogens is 413 g/mol. The first-order valence-electron chi connectivity index (χ1n) is 7.04. The third-order valence-electron chi connectivity index (χ3n) is 2.93.